The molecule has 0 aromatic carbocycles. The van der Waals surface area contributed by atoms with E-state index >= 15 is 0 Å². The molecule has 0 radical (unpaired) electrons. The highest BCUT2D eigenvalue weighted by molar-refractivity contribution is 9.09. The normalized spacial score (nSPS) is 14.4. The lowest BCUT2D eigenvalue weighted by atomic mass is 10.1. The van der Waals surface area contributed by atoms with Crippen LogP contribution in [0.3, 0.4) is 0 Å². The van der Waals surface area contributed by atoms with E-state index in [9.17, 15) is 0 Å². The van der Waals surface area contributed by atoms with Crippen LogP contribution in [0.15, 0.2) is 0 Å². The Balaban J connectivity index is 3.49. The summed E-state index contributed by atoms with van der Waals surface area (Å²) in [6.45, 7) is 8.68. The molecule has 0 aromatic rings. The van der Waals surface area contributed by atoms with Gasteiger partial charge in [-0.2, -0.15) is 0 Å². The molecule has 0 N–H and O–H groups in total. The van der Waals surface area contributed by atoms with Crippen molar-refractivity contribution < 1.29 is 4.74 Å². The number of ether oxygens (including phenoxy) is 1. The average Bonchev–Trinajstić information content (AvgIpc) is 2.12. The Hall–Kier alpha value is 0.440. The van der Waals surface area contributed by atoms with Crippen LogP contribution in [0.1, 0.15) is 59.8 Å². The van der Waals surface area contributed by atoms with Crippen molar-refractivity contribution in [3.05, 3.63) is 0 Å². The largest absolute Gasteiger partial charge is 0.372 e. The van der Waals surface area contributed by atoms with E-state index in [4.69, 9.17) is 4.74 Å². The summed E-state index contributed by atoms with van der Waals surface area (Å²) < 4.78 is 5.92. The molecule has 0 bridgehead atoms. The summed E-state index contributed by atoms with van der Waals surface area (Å²) in [5.74, 6) is 0. The summed E-state index contributed by atoms with van der Waals surface area (Å²) in [7, 11) is 0. The number of halogens is 1. The molecule has 0 heterocycles. The van der Waals surface area contributed by atoms with E-state index in [1.54, 1.807) is 0 Å². The number of hydrogen-bond acceptors (Lipinski definition) is 1. The summed E-state index contributed by atoms with van der Waals surface area (Å²) in [5, 5.41) is 0.902. The van der Waals surface area contributed by atoms with Gasteiger partial charge < -0.3 is 4.74 Å². The fraction of sp³-hybridized carbons (Fsp3) is 1.00. The van der Waals surface area contributed by atoms with Gasteiger partial charge >= 0.3 is 0 Å². The maximum absolute atomic E-state index is 5.92. The summed E-state index contributed by atoms with van der Waals surface area (Å²) in [5.41, 5.74) is -0.0236. The minimum absolute atomic E-state index is 0.0236. The van der Waals surface area contributed by atoms with Gasteiger partial charge in [-0.25, -0.2) is 0 Å². The first-order valence-corrected chi connectivity index (χ1v) is 6.87. The summed E-state index contributed by atoms with van der Waals surface area (Å²) >= 11 is 3.47. The number of unbranched alkanes of at least 4 members (excludes halogenated alkanes) is 3. The van der Waals surface area contributed by atoms with Crippen molar-refractivity contribution >= 4 is 15.9 Å². The third kappa shape index (κ3) is 7.81. The fourth-order valence-electron chi connectivity index (χ4n) is 1.49. The smallest absolute Gasteiger partial charge is 0.0726 e. The molecule has 0 saturated carbocycles. The van der Waals surface area contributed by atoms with Crippen LogP contribution in [-0.2, 0) is 4.74 Å². The molecule has 0 fully saturated rings. The molecular formula is C12H25BrO. The second kappa shape index (κ2) is 7.70. The lowest BCUT2D eigenvalue weighted by Gasteiger charge is -2.27. The molecule has 1 atom stereocenters. The number of alkyl halides is 1. The van der Waals surface area contributed by atoms with E-state index in [-0.39, 0.29) is 5.60 Å². The molecule has 1 unspecified atom stereocenters. The van der Waals surface area contributed by atoms with Gasteiger partial charge in [0.05, 0.1) is 11.7 Å². The van der Waals surface area contributed by atoms with Crippen LogP contribution in [0.4, 0.5) is 0 Å². The highest BCUT2D eigenvalue weighted by Crippen LogP contribution is 2.18. The molecule has 0 rings (SSSR count). The van der Waals surface area contributed by atoms with Crippen LogP contribution >= 0.6 is 15.9 Å². The first kappa shape index (κ1) is 14.4. The molecule has 2 heteroatoms. The van der Waals surface area contributed by atoms with Crippen LogP contribution in [-0.4, -0.2) is 17.0 Å². The summed E-state index contributed by atoms with van der Waals surface area (Å²) in [6.07, 6.45) is 6.89. The lowest BCUT2D eigenvalue weighted by molar-refractivity contribution is -0.0510. The van der Waals surface area contributed by atoms with Gasteiger partial charge in [0.25, 0.3) is 0 Å². The van der Waals surface area contributed by atoms with Gasteiger partial charge in [-0.1, -0.05) is 48.5 Å². The first-order valence-electron chi connectivity index (χ1n) is 5.75. The van der Waals surface area contributed by atoms with E-state index in [1.807, 2.05) is 0 Å². The van der Waals surface area contributed by atoms with Gasteiger partial charge in [0.2, 0.25) is 0 Å². The highest BCUT2D eigenvalue weighted by Gasteiger charge is 2.19. The molecule has 1 nitrogen and oxygen atoms in total. The van der Waals surface area contributed by atoms with Gasteiger partial charge in [0.1, 0.15) is 0 Å². The van der Waals surface area contributed by atoms with Crippen LogP contribution in [0.2, 0.25) is 0 Å². The Morgan fingerprint density at radius 3 is 2.36 bits per heavy atom. The SMILES string of the molecule is CCCCCCC(C)OC(C)(C)CBr. The van der Waals surface area contributed by atoms with E-state index in [0.717, 1.165) is 5.33 Å². The Morgan fingerprint density at radius 1 is 1.21 bits per heavy atom. The molecule has 0 aliphatic rings. The zero-order valence-corrected chi connectivity index (χ0v) is 11.7. The molecule has 0 aliphatic carbocycles. The van der Waals surface area contributed by atoms with Crippen molar-refractivity contribution in [2.45, 2.75) is 71.5 Å². The third-order valence-electron chi connectivity index (χ3n) is 2.31. The van der Waals surface area contributed by atoms with Gasteiger partial charge in [0.15, 0.2) is 0 Å². The molecule has 0 aliphatic heterocycles. The molecule has 0 spiro atoms. The lowest BCUT2D eigenvalue weighted by Crippen LogP contribution is -2.30. The van der Waals surface area contributed by atoms with Crippen molar-refractivity contribution in [3.63, 3.8) is 0 Å². The Labute approximate surface area is 97.7 Å². The van der Waals surface area contributed by atoms with Gasteiger partial charge in [-0.3, -0.25) is 0 Å². The van der Waals surface area contributed by atoms with Crippen molar-refractivity contribution in [1.82, 2.24) is 0 Å². The monoisotopic (exact) mass is 264 g/mol. The van der Waals surface area contributed by atoms with Crippen LogP contribution in [0.5, 0.6) is 0 Å². The predicted octanol–water partition coefficient (Wildman–Crippen LogP) is 4.54. The Kier molecular flexibility index (Phi) is 7.94. The second-order valence-electron chi connectivity index (χ2n) is 4.67. The van der Waals surface area contributed by atoms with Crippen molar-refractivity contribution in [1.29, 1.82) is 0 Å². The van der Waals surface area contributed by atoms with E-state index in [0.29, 0.717) is 6.10 Å². The standard InChI is InChI=1S/C12H25BrO/c1-5-6-7-8-9-11(2)14-12(3,4)10-13/h11H,5-10H2,1-4H3. The molecule has 0 aromatic heterocycles. The summed E-state index contributed by atoms with van der Waals surface area (Å²) in [6, 6.07) is 0. The van der Waals surface area contributed by atoms with Crippen LogP contribution in [0, 0.1) is 0 Å². The summed E-state index contributed by atoms with van der Waals surface area (Å²) in [4.78, 5) is 0. The Bertz CT molecular complexity index is 134. The van der Waals surface area contributed by atoms with Crippen LogP contribution in [0.25, 0.3) is 0 Å². The van der Waals surface area contributed by atoms with Crippen molar-refractivity contribution in [2.24, 2.45) is 0 Å². The molecular weight excluding hydrogens is 240 g/mol. The molecule has 14 heavy (non-hydrogen) atoms. The first-order chi connectivity index (χ1) is 6.52. The zero-order chi connectivity index (χ0) is 11.0. The topological polar surface area (TPSA) is 9.23 Å². The van der Waals surface area contributed by atoms with Crippen LogP contribution < -0.4 is 0 Å². The number of rotatable bonds is 8. The Morgan fingerprint density at radius 2 is 1.86 bits per heavy atom. The van der Waals surface area contributed by atoms with Crippen molar-refractivity contribution in [2.75, 3.05) is 5.33 Å². The maximum atomic E-state index is 5.92. The zero-order valence-electron chi connectivity index (χ0n) is 10.1. The predicted molar refractivity (Wildman–Crippen MR) is 67.2 cm³/mol. The van der Waals surface area contributed by atoms with Gasteiger partial charge in [-0.15, -0.1) is 0 Å². The number of hydrogen-bond donors (Lipinski definition) is 0. The molecule has 86 valence electrons. The average molecular weight is 265 g/mol. The fourth-order valence-corrected chi connectivity index (χ4v) is 1.63. The quantitative estimate of drug-likeness (QED) is 0.462. The van der Waals surface area contributed by atoms with E-state index in [1.165, 1.54) is 32.1 Å². The maximum Gasteiger partial charge on any atom is 0.0726 e. The highest BCUT2D eigenvalue weighted by atomic mass is 79.9. The minimum Gasteiger partial charge on any atom is -0.372 e. The second-order valence-corrected chi connectivity index (χ2v) is 5.23. The van der Waals surface area contributed by atoms with E-state index in [2.05, 4.69) is 43.6 Å². The minimum atomic E-state index is -0.0236. The van der Waals surface area contributed by atoms with Gasteiger partial charge in [-0.05, 0) is 27.2 Å². The molecule has 0 saturated heterocycles. The van der Waals surface area contributed by atoms with Crippen molar-refractivity contribution in [3.8, 4) is 0 Å². The van der Waals surface area contributed by atoms with Gasteiger partial charge in [0, 0.05) is 5.33 Å². The van der Waals surface area contributed by atoms with E-state index < -0.39 is 0 Å². The third-order valence-corrected chi connectivity index (χ3v) is 3.66. The molecule has 0 amide bonds.